The molecule has 1 saturated carbocycles. The Hall–Kier alpha value is -1.75. The van der Waals surface area contributed by atoms with Gasteiger partial charge in [-0.1, -0.05) is 42.1 Å². The number of nitrogens with one attached hydrogen (secondary N) is 1. The molecule has 0 radical (unpaired) electrons. The van der Waals surface area contributed by atoms with Gasteiger partial charge in [-0.05, 0) is 32.3 Å². The second-order valence-electron chi connectivity index (χ2n) is 5.55. The van der Waals surface area contributed by atoms with Crippen molar-refractivity contribution in [3.05, 3.63) is 36.5 Å². The molecule has 0 spiro atoms. The Morgan fingerprint density at radius 1 is 1.41 bits per heavy atom. The van der Waals surface area contributed by atoms with Crippen LogP contribution in [-0.2, 0) is 4.79 Å². The smallest absolute Gasteiger partial charge is 0.233 e. The summed E-state index contributed by atoms with van der Waals surface area (Å²) in [6, 6.07) is 10.9. The molecule has 1 aromatic heterocycles. The molecule has 2 aromatic rings. The highest BCUT2D eigenvalue weighted by molar-refractivity contribution is 8.00. The molecule has 1 heterocycles. The molecule has 22 heavy (non-hydrogen) atoms. The zero-order chi connectivity index (χ0) is 15.5. The van der Waals surface area contributed by atoms with Crippen molar-refractivity contribution < 1.29 is 4.79 Å². The predicted molar refractivity (Wildman–Crippen MR) is 89.9 cm³/mol. The van der Waals surface area contributed by atoms with E-state index in [1.807, 2.05) is 38.2 Å². The van der Waals surface area contributed by atoms with Crippen molar-refractivity contribution in [2.75, 3.05) is 6.54 Å². The molecule has 1 fully saturated rings. The Bertz CT molecular complexity index is 649. The Labute approximate surface area is 135 Å². The summed E-state index contributed by atoms with van der Waals surface area (Å²) in [6.07, 6.45) is 4.32. The van der Waals surface area contributed by atoms with Gasteiger partial charge in [-0.2, -0.15) is 0 Å². The highest BCUT2D eigenvalue weighted by atomic mass is 32.2. The van der Waals surface area contributed by atoms with E-state index in [0.29, 0.717) is 12.6 Å². The molecule has 1 N–H and O–H groups in total. The molecule has 1 atom stereocenters. The fraction of sp³-hybridized carbons (Fsp3) is 0.412. The molecule has 0 saturated heterocycles. The molecule has 1 aliphatic rings. The fourth-order valence-electron chi connectivity index (χ4n) is 2.47. The van der Waals surface area contributed by atoms with Gasteiger partial charge in [0.05, 0.1) is 17.1 Å². The number of imidazole rings is 1. The highest BCUT2D eigenvalue weighted by Gasteiger charge is 2.30. The molecule has 0 bridgehead atoms. The number of benzene rings is 1. The first-order chi connectivity index (χ1) is 10.7. The number of hydrogen-bond donors (Lipinski definition) is 1. The van der Waals surface area contributed by atoms with Gasteiger partial charge < -0.3 is 9.88 Å². The van der Waals surface area contributed by atoms with E-state index < -0.39 is 0 Å². The van der Waals surface area contributed by atoms with E-state index in [1.54, 1.807) is 11.8 Å². The number of rotatable bonds is 6. The third-order valence-electron chi connectivity index (χ3n) is 3.75. The summed E-state index contributed by atoms with van der Waals surface area (Å²) in [7, 11) is 0. The average molecular weight is 315 g/mol. The molecule has 1 unspecified atom stereocenters. The zero-order valence-electron chi connectivity index (χ0n) is 13.0. The number of amides is 1. The number of carbonyl (C=O) groups is 1. The summed E-state index contributed by atoms with van der Waals surface area (Å²) in [6.45, 7) is 4.54. The molecule has 1 aromatic carbocycles. The highest BCUT2D eigenvalue weighted by Crippen LogP contribution is 2.42. The first-order valence-electron chi connectivity index (χ1n) is 7.77. The van der Waals surface area contributed by atoms with Gasteiger partial charge in [0.15, 0.2) is 5.16 Å². The molecular weight excluding hydrogens is 294 g/mol. The Kier molecular flexibility index (Phi) is 4.52. The van der Waals surface area contributed by atoms with E-state index in [4.69, 9.17) is 0 Å². The van der Waals surface area contributed by atoms with Gasteiger partial charge >= 0.3 is 0 Å². The maximum atomic E-state index is 12.0. The number of nitrogens with zero attached hydrogens (tertiary/aromatic N) is 2. The lowest BCUT2D eigenvalue weighted by Gasteiger charge is -2.14. The molecule has 116 valence electrons. The normalized spacial score (nSPS) is 15.5. The van der Waals surface area contributed by atoms with E-state index in [2.05, 4.69) is 27.0 Å². The van der Waals surface area contributed by atoms with Gasteiger partial charge in [-0.3, -0.25) is 4.79 Å². The van der Waals surface area contributed by atoms with Crippen LogP contribution in [0.15, 0.2) is 41.7 Å². The zero-order valence-corrected chi connectivity index (χ0v) is 13.8. The van der Waals surface area contributed by atoms with Gasteiger partial charge in [0.1, 0.15) is 0 Å². The van der Waals surface area contributed by atoms with Crippen LogP contribution in [0.3, 0.4) is 0 Å². The van der Waals surface area contributed by atoms with Crippen molar-refractivity contribution >= 4 is 17.7 Å². The fourth-order valence-corrected chi connectivity index (χ4v) is 3.45. The minimum atomic E-state index is -0.136. The van der Waals surface area contributed by atoms with Gasteiger partial charge in [0.2, 0.25) is 5.91 Å². The number of carbonyl (C=O) groups excluding carboxylic acids is 1. The first-order valence-corrected chi connectivity index (χ1v) is 8.65. The molecule has 5 heteroatoms. The third kappa shape index (κ3) is 3.19. The van der Waals surface area contributed by atoms with Gasteiger partial charge in [-0.15, -0.1) is 0 Å². The first kappa shape index (κ1) is 15.2. The Morgan fingerprint density at radius 3 is 2.77 bits per heavy atom. The van der Waals surface area contributed by atoms with Gasteiger partial charge in [-0.25, -0.2) is 4.98 Å². The molecular formula is C17H21N3OS. The van der Waals surface area contributed by atoms with Crippen LogP contribution in [-0.4, -0.2) is 27.3 Å². The van der Waals surface area contributed by atoms with Crippen LogP contribution in [0.1, 0.15) is 32.7 Å². The molecule has 0 aliphatic heterocycles. The van der Waals surface area contributed by atoms with Gasteiger partial charge in [0, 0.05) is 12.6 Å². The lowest BCUT2D eigenvalue weighted by Crippen LogP contribution is -2.30. The molecule has 1 aliphatic carbocycles. The van der Waals surface area contributed by atoms with E-state index in [0.717, 1.165) is 10.9 Å². The number of hydrogen-bond acceptors (Lipinski definition) is 3. The quantitative estimate of drug-likeness (QED) is 0.830. The summed E-state index contributed by atoms with van der Waals surface area (Å²) in [4.78, 5) is 16.5. The predicted octanol–water partition coefficient (Wildman–Crippen LogP) is 3.50. The van der Waals surface area contributed by atoms with E-state index in [9.17, 15) is 4.79 Å². The van der Waals surface area contributed by atoms with Crippen LogP contribution in [0.4, 0.5) is 0 Å². The minimum absolute atomic E-state index is 0.0686. The second kappa shape index (κ2) is 6.57. The van der Waals surface area contributed by atoms with Crippen molar-refractivity contribution in [2.24, 2.45) is 0 Å². The Morgan fingerprint density at radius 2 is 2.14 bits per heavy atom. The van der Waals surface area contributed by atoms with Crippen LogP contribution in [0, 0.1) is 0 Å². The lowest BCUT2D eigenvalue weighted by molar-refractivity contribution is -0.120. The summed E-state index contributed by atoms with van der Waals surface area (Å²) >= 11 is 1.54. The molecule has 4 nitrogen and oxygen atoms in total. The second-order valence-corrected chi connectivity index (χ2v) is 6.86. The SMILES string of the molecule is CCNC(=O)C(C)Sc1ncc(-c2ccccc2)n1C1CC1. The standard InChI is InChI=1S/C17H21N3OS/c1-3-18-16(21)12(2)22-17-19-11-15(20(17)14-9-10-14)13-7-5-4-6-8-13/h4-8,11-12,14H,3,9-10H2,1-2H3,(H,18,21). The van der Waals surface area contributed by atoms with Crippen LogP contribution < -0.4 is 5.32 Å². The number of aromatic nitrogens is 2. The maximum Gasteiger partial charge on any atom is 0.233 e. The summed E-state index contributed by atoms with van der Waals surface area (Å²) in [5.74, 6) is 0.0686. The summed E-state index contributed by atoms with van der Waals surface area (Å²) < 4.78 is 2.30. The molecule has 3 rings (SSSR count). The van der Waals surface area contributed by atoms with Crippen molar-refractivity contribution in [1.29, 1.82) is 0 Å². The van der Waals surface area contributed by atoms with Crippen LogP contribution in [0.25, 0.3) is 11.3 Å². The van der Waals surface area contributed by atoms with Crippen molar-refractivity contribution in [3.63, 3.8) is 0 Å². The van der Waals surface area contributed by atoms with Crippen molar-refractivity contribution in [3.8, 4) is 11.3 Å². The third-order valence-corrected chi connectivity index (χ3v) is 4.83. The number of thioether (sulfide) groups is 1. The Balaban J connectivity index is 1.86. The van der Waals surface area contributed by atoms with E-state index >= 15 is 0 Å². The summed E-state index contributed by atoms with van der Waals surface area (Å²) in [5.41, 5.74) is 2.33. The largest absolute Gasteiger partial charge is 0.355 e. The van der Waals surface area contributed by atoms with E-state index in [-0.39, 0.29) is 11.2 Å². The maximum absolute atomic E-state index is 12.0. The summed E-state index contributed by atoms with van der Waals surface area (Å²) in [5, 5.41) is 3.68. The van der Waals surface area contributed by atoms with Crippen LogP contribution in [0.5, 0.6) is 0 Å². The molecule has 1 amide bonds. The van der Waals surface area contributed by atoms with E-state index in [1.165, 1.54) is 18.4 Å². The van der Waals surface area contributed by atoms with Crippen molar-refractivity contribution in [2.45, 2.75) is 43.1 Å². The van der Waals surface area contributed by atoms with Gasteiger partial charge in [0.25, 0.3) is 0 Å². The van der Waals surface area contributed by atoms with Crippen molar-refractivity contribution in [1.82, 2.24) is 14.9 Å². The monoisotopic (exact) mass is 315 g/mol. The van der Waals surface area contributed by atoms with Crippen LogP contribution >= 0.6 is 11.8 Å². The van der Waals surface area contributed by atoms with Crippen LogP contribution in [0.2, 0.25) is 0 Å². The topological polar surface area (TPSA) is 46.9 Å². The minimum Gasteiger partial charge on any atom is -0.355 e. The average Bonchev–Trinajstić information content (AvgIpc) is 3.29. The lowest BCUT2D eigenvalue weighted by atomic mass is 10.2.